The molecule has 3 fully saturated rings. The van der Waals surface area contributed by atoms with E-state index in [-0.39, 0.29) is 0 Å². The second-order valence-corrected chi connectivity index (χ2v) is 6.10. The van der Waals surface area contributed by atoms with Gasteiger partial charge in [0, 0.05) is 11.0 Å². The summed E-state index contributed by atoms with van der Waals surface area (Å²) >= 11 is 0. The summed E-state index contributed by atoms with van der Waals surface area (Å²) in [7, 11) is 0. The quantitative estimate of drug-likeness (QED) is 0.796. The van der Waals surface area contributed by atoms with Crippen molar-refractivity contribution in [2.45, 2.75) is 57.6 Å². The Bertz CT molecular complexity index is 303. The maximum atomic E-state index is 12.5. The van der Waals surface area contributed by atoms with Crippen molar-refractivity contribution >= 4 is 6.09 Å². The Morgan fingerprint density at radius 1 is 1.31 bits per heavy atom. The van der Waals surface area contributed by atoms with Gasteiger partial charge in [0.05, 0.1) is 0 Å². The summed E-state index contributed by atoms with van der Waals surface area (Å²) in [5, 5.41) is 2.70. The number of ether oxygens (including phenoxy) is 1. The molecule has 3 saturated carbocycles. The number of carbonyl (C=O) groups is 1. The number of amides is 1. The molecule has 0 aliphatic heterocycles. The van der Waals surface area contributed by atoms with Crippen molar-refractivity contribution in [2.24, 2.45) is 5.41 Å². The highest BCUT2D eigenvalue weighted by Gasteiger charge is 2.72. The number of rotatable bonds is 2. The first kappa shape index (κ1) is 11.6. The van der Waals surface area contributed by atoms with Crippen LogP contribution in [-0.2, 0) is 4.74 Å². The van der Waals surface area contributed by atoms with E-state index >= 15 is 0 Å². The van der Waals surface area contributed by atoms with Crippen molar-refractivity contribution < 1.29 is 18.3 Å². The standard InChI is InChI=1S/C11H17F2NO2/c1-9(2,3)16-8(15)14-11-4-10(5-11,6-11)7(12)13/h7H,4-6H2,1-3H3,(H,14,15). The summed E-state index contributed by atoms with van der Waals surface area (Å²) in [6.07, 6.45) is -1.62. The lowest BCUT2D eigenvalue weighted by Gasteiger charge is -2.69. The lowest BCUT2D eigenvalue weighted by atomic mass is 9.39. The summed E-state index contributed by atoms with van der Waals surface area (Å²) < 4.78 is 30.2. The Hall–Kier alpha value is -0.870. The molecular weight excluding hydrogens is 216 g/mol. The first-order valence-electron chi connectivity index (χ1n) is 5.46. The molecule has 1 N–H and O–H groups in total. The van der Waals surface area contributed by atoms with Crippen molar-refractivity contribution in [3.05, 3.63) is 0 Å². The topological polar surface area (TPSA) is 38.3 Å². The zero-order chi connectivity index (χ0) is 12.2. The summed E-state index contributed by atoms with van der Waals surface area (Å²) in [5.74, 6) is 0. The summed E-state index contributed by atoms with van der Waals surface area (Å²) in [5.41, 5.74) is -1.76. The fourth-order valence-corrected chi connectivity index (χ4v) is 2.75. The van der Waals surface area contributed by atoms with Crippen molar-refractivity contribution in [3.8, 4) is 0 Å². The highest BCUT2D eigenvalue weighted by molar-refractivity contribution is 5.69. The number of hydrogen-bond donors (Lipinski definition) is 1. The van der Waals surface area contributed by atoms with Gasteiger partial charge >= 0.3 is 6.09 Å². The van der Waals surface area contributed by atoms with Crippen LogP contribution in [0.4, 0.5) is 13.6 Å². The van der Waals surface area contributed by atoms with E-state index in [1.54, 1.807) is 20.8 Å². The number of halogens is 2. The molecule has 0 unspecified atom stereocenters. The third-order valence-electron chi connectivity index (χ3n) is 3.30. The van der Waals surface area contributed by atoms with Crippen LogP contribution in [0.5, 0.6) is 0 Å². The first-order valence-corrected chi connectivity index (χ1v) is 5.46. The lowest BCUT2D eigenvalue weighted by molar-refractivity contribution is -0.225. The molecule has 0 spiro atoms. The van der Waals surface area contributed by atoms with E-state index in [1.165, 1.54) is 0 Å². The molecule has 0 saturated heterocycles. The minimum atomic E-state index is -2.27. The average molecular weight is 233 g/mol. The minimum Gasteiger partial charge on any atom is -0.444 e. The predicted molar refractivity (Wildman–Crippen MR) is 54.4 cm³/mol. The molecule has 0 heterocycles. The van der Waals surface area contributed by atoms with Gasteiger partial charge in [0.15, 0.2) is 0 Å². The first-order chi connectivity index (χ1) is 7.17. The van der Waals surface area contributed by atoms with Crippen LogP contribution in [0.25, 0.3) is 0 Å². The van der Waals surface area contributed by atoms with E-state index in [0.717, 1.165) is 0 Å². The van der Waals surface area contributed by atoms with Crippen molar-refractivity contribution in [1.29, 1.82) is 0 Å². The van der Waals surface area contributed by atoms with Crippen LogP contribution in [0.2, 0.25) is 0 Å². The van der Waals surface area contributed by atoms with Gasteiger partial charge in [0.2, 0.25) is 6.43 Å². The smallest absolute Gasteiger partial charge is 0.408 e. The fraction of sp³-hybridized carbons (Fsp3) is 0.909. The molecule has 3 rings (SSSR count). The average Bonchev–Trinajstić information content (AvgIpc) is 1.88. The van der Waals surface area contributed by atoms with E-state index in [4.69, 9.17) is 4.74 Å². The van der Waals surface area contributed by atoms with E-state index < -0.39 is 29.1 Å². The zero-order valence-electron chi connectivity index (χ0n) is 9.77. The molecule has 3 aliphatic carbocycles. The molecule has 16 heavy (non-hydrogen) atoms. The Morgan fingerprint density at radius 3 is 2.19 bits per heavy atom. The van der Waals surface area contributed by atoms with Gasteiger partial charge in [0.25, 0.3) is 0 Å². The molecule has 5 heteroatoms. The highest BCUT2D eigenvalue weighted by Crippen LogP contribution is 2.69. The molecule has 1 amide bonds. The van der Waals surface area contributed by atoms with Gasteiger partial charge in [-0.1, -0.05) is 0 Å². The Kier molecular flexibility index (Phi) is 2.23. The van der Waals surface area contributed by atoms with Gasteiger partial charge in [-0.15, -0.1) is 0 Å². The van der Waals surface area contributed by atoms with Crippen LogP contribution < -0.4 is 5.32 Å². The Balaban J connectivity index is 1.81. The second kappa shape index (κ2) is 3.08. The van der Waals surface area contributed by atoms with Crippen LogP contribution in [-0.4, -0.2) is 23.7 Å². The minimum absolute atomic E-state index is 0.386. The van der Waals surface area contributed by atoms with Gasteiger partial charge in [-0.3, -0.25) is 0 Å². The molecular formula is C11H17F2NO2. The van der Waals surface area contributed by atoms with Crippen LogP contribution in [0, 0.1) is 5.41 Å². The summed E-state index contributed by atoms with van der Waals surface area (Å²) in [6, 6.07) is 0. The van der Waals surface area contributed by atoms with Gasteiger partial charge in [-0.25, -0.2) is 13.6 Å². The maximum absolute atomic E-state index is 12.5. The van der Waals surface area contributed by atoms with E-state index in [1.807, 2.05) is 0 Å². The lowest BCUT2D eigenvalue weighted by Crippen LogP contribution is -2.76. The van der Waals surface area contributed by atoms with Gasteiger partial charge in [-0.2, -0.15) is 0 Å². The second-order valence-electron chi connectivity index (χ2n) is 6.10. The number of carbonyl (C=O) groups excluding carboxylic acids is 1. The van der Waals surface area contributed by atoms with Crippen molar-refractivity contribution in [3.63, 3.8) is 0 Å². The van der Waals surface area contributed by atoms with Gasteiger partial charge < -0.3 is 10.1 Å². The fourth-order valence-electron chi connectivity index (χ4n) is 2.75. The molecule has 92 valence electrons. The molecule has 0 aromatic carbocycles. The Labute approximate surface area is 93.5 Å². The largest absolute Gasteiger partial charge is 0.444 e. The van der Waals surface area contributed by atoms with Gasteiger partial charge in [0.1, 0.15) is 5.60 Å². The van der Waals surface area contributed by atoms with E-state index in [0.29, 0.717) is 19.3 Å². The number of nitrogens with one attached hydrogen (secondary N) is 1. The molecule has 0 aromatic rings. The van der Waals surface area contributed by atoms with Crippen molar-refractivity contribution in [2.75, 3.05) is 0 Å². The summed E-state index contributed by atoms with van der Waals surface area (Å²) in [4.78, 5) is 11.4. The highest BCUT2D eigenvalue weighted by atomic mass is 19.3. The van der Waals surface area contributed by atoms with Gasteiger partial charge in [-0.05, 0) is 40.0 Å². The number of alkyl carbamates (subject to hydrolysis) is 1. The van der Waals surface area contributed by atoms with Crippen LogP contribution in [0.1, 0.15) is 40.0 Å². The van der Waals surface area contributed by atoms with Crippen LogP contribution in [0.3, 0.4) is 0 Å². The molecule has 0 aromatic heterocycles. The molecule has 3 nitrogen and oxygen atoms in total. The molecule has 0 radical (unpaired) electrons. The number of alkyl halides is 2. The maximum Gasteiger partial charge on any atom is 0.408 e. The van der Waals surface area contributed by atoms with Crippen LogP contribution in [0.15, 0.2) is 0 Å². The van der Waals surface area contributed by atoms with Crippen LogP contribution >= 0.6 is 0 Å². The molecule has 2 bridgehead atoms. The summed E-state index contributed by atoms with van der Waals surface area (Å²) in [6.45, 7) is 5.32. The van der Waals surface area contributed by atoms with E-state index in [9.17, 15) is 13.6 Å². The molecule has 3 aliphatic rings. The Morgan fingerprint density at radius 2 is 1.81 bits per heavy atom. The third-order valence-corrected chi connectivity index (χ3v) is 3.30. The van der Waals surface area contributed by atoms with Crippen molar-refractivity contribution in [1.82, 2.24) is 5.32 Å². The monoisotopic (exact) mass is 233 g/mol. The number of hydrogen-bond acceptors (Lipinski definition) is 2. The molecule has 0 atom stereocenters. The third kappa shape index (κ3) is 1.76. The normalized spacial score (nSPS) is 36.4. The SMILES string of the molecule is CC(C)(C)OC(=O)NC12CC(C(F)F)(C1)C2. The zero-order valence-corrected chi connectivity index (χ0v) is 9.77. The predicted octanol–water partition coefficient (Wildman–Crippen LogP) is 2.70. The van der Waals surface area contributed by atoms with E-state index in [2.05, 4.69) is 5.32 Å².